The van der Waals surface area contributed by atoms with Crippen LogP contribution in [0.25, 0.3) is 6.08 Å². The van der Waals surface area contributed by atoms with Gasteiger partial charge in [-0.05, 0) is 95.2 Å². The van der Waals surface area contributed by atoms with Gasteiger partial charge in [-0.25, -0.2) is 14.2 Å². The number of nitrogens with one attached hydrogen (secondary N) is 1. The van der Waals surface area contributed by atoms with Gasteiger partial charge >= 0.3 is 5.97 Å². The Kier molecular flexibility index (Phi) is 7.99. The number of nitrogens with zero attached hydrogens (tertiary/aromatic N) is 1. The smallest absolute Gasteiger partial charge is 0.363 e. The summed E-state index contributed by atoms with van der Waals surface area (Å²) < 4.78 is 31.3. The quantitative estimate of drug-likeness (QED) is 0.204. The molecular weight excluding hydrogens is 578 g/mol. The summed E-state index contributed by atoms with van der Waals surface area (Å²) in [6, 6.07) is 16.6. The summed E-state index contributed by atoms with van der Waals surface area (Å²) in [5.41, 5.74) is 2.75. The van der Waals surface area contributed by atoms with Crippen molar-refractivity contribution in [1.29, 1.82) is 0 Å². The second-order valence-corrected chi connectivity index (χ2v) is 8.94. The van der Waals surface area contributed by atoms with Crippen LogP contribution in [-0.4, -0.2) is 24.4 Å². The Hall–Kier alpha value is -3.73. The Morgan fingerprint density at radius 1 is 1.14 bits per heavy atom. The number of cyclic esters (lactones) is 1. The van der Waals surface area contributed by atoms with Crippen molar-refractivity contribution >= 4 is 52.1 Å². The number of amides is 1. The lowest BCUT2D eigenvalue weighted by Crippen LogP contribution is -2.07. The molecule has 0 aromatic heterocycles. The van der Waals surface area contributed by atoms with Crippen molar-refractivity contribution in [3.05, 3.63) is 92.4 Å². The van der Waals surface area contributed by atoms with Gasteiger partial charge < -0.3 is 19.5 Å². The molecule has 0 fully saturated rings. The number of carbonyl (C=O) groups is 2. The highest BCUT2D eigenvalue weighted by Gasteiger charge is 2.24. The number of hydrogen-bond donors (Lipinski definition) is 1. The van der Waals surface area contributed by atoms with Gasteiger partial charge in [-0.1, -0.05) is 12.1 Å². The minimum atomic E-state index is -0.574. The summed E-state index contributed by atoms with van der Waals surface area (Å²) >= 11 is 2.13. The first-order valence-corrected chi connectivity index (χ1v) is 12.1. The maximum atomic E-state index is 13.5. The third-order valence-corrected chi connectivity index (χ3v) is 5.78. The van der Waals surface area contributed by atoms with E-state index in [9.17, 15) is 14.0 Å². The average molecular weight is 600 g/mol. The topological polar surface area (TPSA) is 86.2 Å². The second kappa shape index (κ2) is 11.3. The van der Waals surface area contributed by atoms with Gasteiger partial charge in [0.25, 0.3) is 0 Å². The molecule has 1 heterocycles. The number of esters is 1. The molecule has 36 heavy (non-hydrogen) atoms. The number of anilines is 1. The summed E-state index contributed by atoms with van der Waals surface area (Å²) in [4.78, 5) is 28.0. The van der Waals surface area contributed by atoms with Gasteiger partial charge in [0.15, 0.2) is 17.2 Å². The number of benzene rings is 3. The van der Waals surface area contributed by atoms with Crippen molar-refractivity contribution in [3.8, 4) is 11.5 Å². The van der Waals surface area contributed by atoms with Crippen molar-refractivity contribution in [2.24, 2.45) is 4.99 Å². The van der Waals surface area contributed by atoms with E-state index in [-0.39, 0.29) is 29.9 Å². The lowest BCUT2D eigenvalue weighted by Gasteiger charge is -2.15. The third-order valence-electron chi connectivity index (χ3n) is 4.98. The van der Waals surface area contributed by atoms with Crippen LogP contribution in [0, 0.1) is 9.39 Å². The molecule has 4 rings (SSSR count). The van der Waals surface area contributed by atoms with Gasteiger partial charge in [0, 0.05) is 18.2 Å². The van der Waals surface area contributed by atoms with Crippen molar-refractivity contribution in [3.63, 3.8) is 0 Å². The fourth-order valence-electron chi connectivity index (χ4n) is 3.45. The van der Waals surface area contributed by atoms with Gasteiger partial charge in [0.1, 0.15) is 12.4 Å². The molecule has 0 saturated carbocycles. The van der Waals surface area contributed by atoms with E-state index >= 15 is 0 Å². The van der Waals surface area contributed by atoms with Gasteiger partial charge in [-0.15, -0.1) is 0 Å². The van der Waals surface area contributed by atoms with Crippen LogP contribution in [0.3, 0.4) is 0 Å². The Morgan fingerprint density at radius 3 is 2.61 bits per heavy atom. The molecule has 0 spiro atoms. The number of hydrogen-bond acceptors (Lipinski definition) is 6. The van der Waals surface area contributed by atoms with E-state index in [4.69, 9.17) is 14.2 Å². The van der Waals surface area contributed by atoms with Crippen molar-refractivity contribution in [1.82, 2.24) is 0 Å². The fraction of sp³-hybridized carbons (Fsp3) is 0.148. The van der Waals surface area contributed by atoms with Crippen LogP contribution in [0.1, 0.15) is 30.5 Å². The van der Waals surface area contributed by atoms with Crippen LogP contribution in [0.15, 0.2) is 71.4 Å². The van der Waals surface area contributed by atoms with E-state index in [1.165, 1.54) is 19.1 Å². The first kappa shape index (κ1) is 25.4. The molecule has 0 saturated heterocycles. The molecule has 3 aromatic rings. The van der Waals surface area contributed by atoms with Crippen LogP contribution in [-0.2, 0) is 20.9 Å². The zero-order chi connectivity index (χ0) is 25.7. The Morgan fingerprint density at radius 2 is 1.92 bits per heavy atom. The molecule has 1 aliphatic heterocycles. The van der Waals surface area contributed by atoms with E-state index in [1.54, 1.807) is 48.5 Å². The number of carbonyl (C=O) groups excluding carboxylic acids is 2. The van der Waals surface area contributed by atoms with Crippen LogP contribution < -0.4 is 14.8 Å². The van der Waals surface area contributed by atoms with Crippen LogP contribution >= 0.6 is 22.6 Å². The molecule has 1 N–H and O–H groups in total. The normalized spacial score (nSPS) is 13.8. The third kappa shape index (κ3) is 6.28. The fourth-order valence-corrected chi connectivity index (χ4v) is 4.23. The molecule has 1 aliphatic rings. The molecule has 184 valence electrons. The van der Waals surface area contributed by atoms with E-state index in [0.29, 0.717) is 40.5 Å². The minimum Gasteiger partial charge on any atom is -0.490 e. The summed E-state index contributed by atoms with van der Waals surface area (Å²) in [6.07, 6.45) is 1.61. The lowest BCUT2D eigenvalue weighted by molar-refractivity contribution is -0.129. The summed E-state index contributed by atoms with van der Waals surface area (Å²) in [6.45, 7) is 3.87. The van der Waals surface area contributed by atoms with Gasteiger partial charge in [-0.3, -0.25) is 4.79 Å². The Labute approximate surface area is 221 Å². The maximum absolute atomic E-state index is 13.5. The number of ether oxygens (including phenoxy) is 3. The summed E-state index contributed by atoms with van der Waals surface area (Å²) in [5, 5.41) is 2.68. The number of halogens is 2. The molecule has 0 aliphatic carbocycles. The second-order valence-electron chi connectivity index (χ2n) is 7.78. The zero-order valence-corrected chi connectivity index (χ0v) is 21.7. The van der Waals surface area contributed by atoms with E-state index in [0.717, 1.165) is 3.57 Å². The predicted octanol–water partition coefficient (Wildman–Crippen LogP) is 5.71. The minimum absolute atomic E-state index is 0.141. The van der Waals surface area contributed by atoms with Crippen LogP contribution in [0.5, 0.6) is 11.5 Å². The molecule has 1 amide bonds. The van der Waals surface area contributed by atoms with Crippen molar-refractivity contribution < 1.29 is 28.2 Å². The summed E-state index contributed by atoms with van der Waals surface area (Å²) in [7, 11) is 0. The van der Waals surface area contributed by atoms with Crippen molar-refractivity contribution in [2.75, 3.05) is 11.9 Å². The van der Waals surface area contributed by atoms with Gasteiger partial charge in [0.2, 0.25) is 11.8 Å². The molecule has 3 aromatic carbocycles. The van der Waals surface area contributed by atoms with Gasteiger partial charge in [0.05, 0.1) is 10.2 Å². The van der Waals surface area contributed by atoms with Gasteiger partial charge in [-0.2, -0.15) is 0 Å². The first-order valence-electron chi connectivity index (χ1n) is 11.1. The molecule has 0 unspecified atom stereocenters. The Balaban J connectivity index is 1.57. The number of rotatable bonds is 8. The van der Waals surface area contributed by atoms with E-state index < -0.39 is 5.97 Å². The highest BCUT2D eigenvalue weighted by atomic mass is 127. The zero-order valence-electron chi connectivity index (χ0n) is 19.5. The largest absolute Gasteiger partial charge is 0.490 e. The highest BCUT2D eigenvalue weighted by Crippen LogP contribution is 2.36. The van der Waals surface area contributed by atoms with Crippen LogP contribution in [0.2, 0.25) is 0 Å². The lowest BCUT2D eigenvalue weighted by atomic mass is 10.1. The SMILES string of the molecule is CCOc1cc(/C=C2\N=C(c3ccc(NC(C)=O)cc3)OC2=O)cc(I)c1OCc1cccc(F)c1. The molecule has 7 nitrogen and oxygen atoms in total. The molecule has 0 radical (unpaired) electrons. The van der Waals surface area contributed by atoms with Crippen LogP contribution in [0.4, 0.5) is 10.1 Å². The van der Waals surface area contributed by atoms with Crippen molar-refractivity contribution in [2.45, 2.75) is 20.5 Å². The standard InChI is InChI=1S/C27H22FIN2O5/c1-3-34-24-14-18(12-22(29)25(24)35-15-17-5-4-6-20(28)11-17)13-23-27(33)36-26(31-23)19-7-9-21(10-8-19)30-16(2)32/h4-14H,3,15H2,1-2H3,(H,30,32)/b23-13-. The highest BCUT2D eigenvalue weighted by molar-refractivity contribution is 14.1. The van der Waals surface area contributed by atoms with E-state index in [2.05, 4.69) is 32.9 Å². The Bertz CT molecular complexity index is 1370. The monoisotopic (exact) mass is 600 g/mol. The molecule has 0 atom stereocenters. The maximum Gasteiger partial charge on any atom is 0.363 e. The average Bonchev–Trinajstić information content (AvgIpc) is 3.19. The molecular formula is C27H22FIN2O5. The molecule has 9 heteroatoms. The molecule has 0 bridgehead atoms. The first-order chi connectivity index (χ1) is 17.3. The van der Waals surface area contributed by atoms with E-state index in [1.807, 2.05) is 13.0 Å². The predicted molar refractivity (Wildman–Crippen MR) is 142 cm³/mol. The summed E-state index contributed by atoms with van der Waals surface area (Å²) in [5.74, 6) is 0.123. The number of aliphatic imine (C=N–C) groups is 1.